The fourth-order valence-corrected chi connectivity index (χ4v) is 5.51. The fraction of sp³-hybridized carbons (Fsp3) is 0.680. The lowest BCUT2D eigenvalue weighted by molar-refractivity contribution is -0.0728. The lowest BCUT2D eigenvalue weighted by atomic mass is 9.96. The molecule has 3 aliphatic heterocycles. The van der Waals surface area contributed by atoms with Crippen molar-refractivity contribution in [2.75, 3.05) is 56.0 Å². The summed E-state index contributed by atoms with van der Waals surface area (Å²) in [6.07, 6.45) is 6.09. The normalized spacial score (nSPS) is 25.2. The first-order valence-corrected chi connectivity index (χ1v) is 12.5. The highest BCUT2D eigenvalue weighted by Crippen LogP contribution is 2.30. The highest BCUT2D eigenvalue weighted by Gasteiger charge is 2.28. The molecular formula is C25H39N5O3. The molecule has 2 unspecified atom stereocenters. The molecular weight excluding hydrogens is 418 g/mol. The van der Waals surface area contributed by atoms with Crippen LogP contribution in [0.2, 0.25) is 0 Å². The highest BCUT2D eigenvalue weighted by atomic mass is 16.5. The number of nitrogens with two attached hydrogens (primary N) is 1. The number of piperidine rings is 2. The summed E-state index contributed by atoms with van der Waals surface area (Å²) in [5.74, 6) is 0.122. The van der Waals surface area contributed by atoms with E-state index in [1.807, 2.05) is 11.0 Å². The summed E-state index contributed by atoms with van der Waals surface area (Å²) in [5.41, 5.74) is 7.57. The van der Waals surface area contributed by atoms with Gasteiger partial charge in [0.15, 0.2) is 0 Å². The van der Waals surface area contributed by atoms with E-state index in [-0.39, 0.29) is 18.2 Å². The van der Waals surface area contributed by atoms with Crippen LogP contribution >= 0.6 is 0 Å². The van der Waals surface area contributed by atoms with Crippen molar-refractivity contribution in [2.45, 2.75) is 58.2 Å². The number of amides is 3. The average molecular weight is 458 g/mol. The second-order valence-electron chi connectivity index (χ2n) is 9.98. The summed E-state index contributed by atoms with van der Waals surface area (Å²) in [5, 5.41) is 3.09. The predicted molar refractivity (Wildman–Crippen MR) is 131 cm³/mol. The SMILES string of the molecule is CC1CN(CC2CCN(C(=O)Nc3cc(C(N)=O)ccc3N3CCCCC3)CC2)CC(C)O1. The first kappa shape index (κ1) is 23.8. The maximum Gasteiger partial charge on any atom is 0.321 e. The van der Waals surface area contributed by atoms with Gasteiger partial charge < -0.3 is 25.6 Å². The number of urea groups is 1. The molecule has 0 saturated carbocycles. The molecule has 1 aromatic rings. The molecule has 4 rings (SSSR count). The third-order valence-electron chi connectivity index (χ3n) is 7.13. The molecule has 0 aliphatic carbocycles. The lowest BCUT2D eigenvalue weighted by Crippen LogP contribution is -2.49. The molecule has 8 nitrogen and oxygen atoms in total. The van der Waals surface area contributed by atoms with Crippen molar-refractivity contribution < 1.29 is 14.3 Å². The number of carbonyl (C=O) groups excluding carboxylic acids is 2. The highest BCUT2D eigenvalue weighted by molar-refractivity contribution is 5.99. The van der Waals surface area contributed by atoms with E-state index < -0.39 is 5.91 Å². The van der Waals surface area contributed by atoms with Crippen LogP contribution in [0.15, 0.2) is 18.2 Å². The Morgan fingerprint density at radius 1 is 1.03 bits per heavy atom. The number of primary amides is 1. The number of rotatable bonds is 5. The van der Waals surface area contributed by atoms with Crippen molar-refractivity contribution in [3.05, 3.63) is 23.8 Å². The van der Waals surface area contributed by atoms with Gasteiger partial charge in [0.25, 0.3) is 0 Å². The van der Waals surface area contributed by atoms with Crippen molar-refractivity contribution >= 4 is 23.3 Å². The smallest absolute Gasteiger partial charge is 0.321 e. The van der Waals surface area contributed by atoms with Gasteiger partial charge in [-0.3, -0.25) is 9.69 Å². The van der Waals surface area contributed by atoms with Gasteiger partial charge in [0.05, 0.1) is 23.6 Å². The van der Waals surface area contributed by atoms with Crippen molar-refractivity contribution in [1.82, 2.24) is 9.80 Å². The number of anilines is 2. The van der Waals surface area contributed by atoms with Gasteiger partial charge >= 0.3 is 6.03 Å². The van der Waals surface area contributed by atoms with Gasteiger partial charge in [0.2, 0.25) is 5.91 Å². The first-order chi connectivity index (χ1) is 15.9. The number of morpholine rings is 1. The van der Waals surface area contributed by atoms with Crippen LogP contribution in [0, 0.1) is 5.92 Å². The molecule has 0 radical (unpaired) electrons. The Bertz CT molecular complexity index is 823. The molecule has 0 bridgehead atoms. The van der Waals surface area contributed by atoms with E-state index in [0.29, 0.717) is 17.2 Å². The zero-order chi connectivity index (χ0) is 23.4. The second-order valence-corrected chi connectivity index (χ2v) is 9.98. The number of benzene rings is 1. The maximum absolute atomic E-state index is 13.1. The second kappa shape index (κ2) is 10.7. The van der Waals surface area contributed by atoms with E-state index in [4.69, 9.17) is 10.5 Å². The molecule has 0 spiro atoms. The number of hydrogen-bond acceptors (Lipinski definition) is 5. The van der Waals surface area contributed by atoms with Crippen LogP contribution in [0.25, 0.3) is 0 Å². The largest absolute Gasteiger partial charge is 0.373 e. The van der Waals surface area contributed by atoms with Gasteiger partial charge in [-0.2, -0.15) is 0 Å². The van der Waals surface area contributed by atoms with E-state index in [2.05, 4.69) is 29.0 Å². The van der Waals surface area contributed by atoms with Crippen LogP contribution in [-0.4, -0.2) is 79.8 Å². The number of ether oxygens (including phenoxy) is 1. The van der Waals surface area contributed by atoms with Gasteiger partial charge in [0.1, 0.15) is 0 Å². The van der Waals surface area contributed by atoms with Gasteiger partial charge in [0, 0.05) is 51.4 Å². The molecule has 3 heterocycles. The maximum atomic E-state index is 13.1. The molecule has 3 aliphatic rings. The number of nitrogens with zero attached hydrogens (tertiary/aromatic N) is 3. The van der Waals surface area contributed by atoms with Crippen LogP contribution in [0.3, 0.4) is 0 Å². The van der Waals surface area contributed by atoms with Crippen molar-refractivity contribution in [2.24, 2.45) is 11.7 Å². The minimum Gasteiger partial charge on any atom is -0.373 e. The molecule has 2 atom stereocenters. The van der Waals surface area contributed by atoms with Crippen molar-refractivity contribution in [1.29, 1.82) is 0 Å². The van der Waals surface area contributed by atoms with Crippen LogP contribution in [0.1, 0.15) is 56.3 Å². The Morgan fingerprint density at radius 3 is 2.33 bits per heavy atom. The van der Waals surface area contributed by atoms with E-state index in [0.717, 1.165) is 77.2 Å². The number of carbonyl (C=O) groups is 2. The summed E-state index contributed by atoms with van der Waals surface area (Å²) in [6.45, 7) is 10.8. The summed E-state index contributed by atoms with van der Waals surface area (Å²) < 4.78 is 5.85. The first-order valence-electron chi connectivity index (χ1n) is 12.5. The topological polar surface area (TPSA) is 91.1 Å². The van der Waals surface area contributed by atoms with Crippen LogP contribution in [-0.2, 0) is 4.74 Å². The Morgan fingerprint density at radius 2 is 1.70 bits per heavy atom. The monoisotopic (exact) mass is 457 g/mol. The summed E-state index contributed by atoms with van der Waals surface area (Å²) in [6, 6.07) is 5.29. The van der Waals surface area contributed by atoms with Gasteiger partial charge in [-0.15, -0.1) is 0 Å². The molecule has 182 valence electrons. The van der Waals surface area contributed by atoms with E-state index >= 15 is 0 Å². The van der Waals surface area contributed by atoms with Crippen molar-refractivity contribution in [3.63, 3.8) is 0 Å². The van der Waals surface area contributed by atoms with Gasteiger partial charge in [-0.05, 0) is 70.1 Å². The Labute approximate surface area is 197 Å². The zero-order valence-electron chi connectivity index (χ0n) is 20.1. The Balaban J connectivity index is 1.35. The van der Waals surface area contributed by atoms with E-state index in [1.54, 1.807) is 12.1 Å². The molecule has 3 saturated heterocycles. The summed E-state index contributed by atoms with van der Waals surface area (Å²) >= 11 is 0. The van der Waals surface area contributed by atoms with Gasteiger partial charge in [-0.1, -0.05) is 0 Å². The van der Waals surface area contributed by atoms with Crippen LogP contribution < -0.4 is 16.0 Å². The third-order valence-corrected chi connectivity index (χ3v) is 7.13. The molecule has 3 N–H and O–H groups in total. The fourth-order valence-electron chi connectivity index (χ4n) is 5.51. The standard InChI is InChI=1S/C25H39N5O3/c1-18-15-28(16-19(2)33-18)17-20-8-12-30(13-9-20)25(32)27-22-14-21(24(26)31)6-7-23(22)29-10-4-3-5-11-29/h6-7,14,18-20H,3-5,8-13,15-17H2,1-2H3,(H2,26,31)(H,27,32). The summed E-state index contributed by atoms with van der Waals surface area (Å²) in [7, 11) is 0. The minimum atomic E-state index is -0.483. The zero-order valence-corrected chi connectivity index (χ0v) is 20.1. The quantitative estimate of drug-likeness (QED) is 0.709. The van der Waals surface area contributed by atoms with Gasteiger partial charge in [-0.25, -0.2) is 4.79 Å². The Hall–Kier alpha value is -2.32. The Kier molecular flexibility index (Phi) is 7.75. The number of likely N-dealkylation sites (tertiary alicyclic amines) is 1. The summed E-state index contributed by atoms with van der Waals surface area (Å²) in [4.78, 5) is 31.6. The number of nitrogens with one attached hydrogen (secondary N) is 1. The van der Waals surface area contributed by atoms with E-state index in [9.17, 15) is 9.59 Å². The van der Waals surface area contributed by atoms with Crippen LogP contribution in [0.4, 0.5) is 16.2 Å². The van der Waals surface area contributed by atoms with E-state index in [1.165, 1.54) is 6.42 Å². The molecule has 3 fully saturated rings. The predicted octanol–water partition coefficient (Wildman–Crippen LogP) is 3.13. The van der Waals surface area contributed by atoms with Crippen molar-refractivity contribution in [3.8, 4) is 0 Å². The third kappa shape index (κ3) is 6.18. The number of hydrogen-bond donors (Lipinski definition) is 2. The average Bonchev–Trinajstić information content (AvgIpc) is 2.79. The molecule has 3 amide bonds. The lowest BCUT2D eigenvalue weighted by Gasteiger charge is -2.39. The molecule has 8 heteroatoms. The molecule has 0 aromatic heterocycles. The van der Waals surface area contributed by atoms with Crippen LogP contribution in [0.5, 0.6) is 0 Å². The molecule has 33 heavy (non-hydrogen) atoms. The molecule has 1 aromatic carbocycles. The minimum absolute atomic E-state index is 0.0954.